The first-order valence-electron chi connectivity index (χ1n) is 10.5. The average molecular weight is 351 g/mol. The third-order valence-electron chi connectivity index (χ3n) is 6.46. The molecule has 2 fully saturated rings. The Kier molecular flexibility index (Phi) is 4.24. The number of H-pyrrole nitrogens is 1. The molecule has 2 aromatic rings. The molecule has 1 aromatic carbocycles. The molecule has 4 heteroatoms. The molecule has 26 heavy (non-hydrogen) atoms. The van der Waals surface area contributed by atoms with Crippen molar-refractivity contribution < 1.29 is 4.79 Å². The highest BCUT2D eigenvalue weighted by Gasteiger charge is 2.30. The first-order valence-corrected chi connectivity index (χ1v) is 10.5. The molecule has 1 unspecified atom stereocenters. The lowest BCUT2D eigenvalue weighted by Crippen LogP contribution is -2.36. The number of aromatic amines is 1. The minimum absolute atomic E-state index is 0.186. The number of rotatable bonds is 4. The predicted molar refractivity (Wildman–Crippen MR) is 105 cm³/mol. The number of aryl methyl sites for hydroxylation is 1. The van der Waals surface area contributed by atoms with Crippen LogP contribution in [0.4, 0.5) is 5.69 Å². The van der Waals surface area contributed by atoms with Gasteiger partial charge >= 0.3 is 0 Å². The number of nitrogens with one attached hydrogen (secondary N) is 3. The largest absolute Gasteiger partial charge is 0.357 e. The van der Waals surface area contributed by atoms with Gasteiger partial charge in [-0.3, -0.25) is 4.79 Å². The van der Waals surface area contributed by atoms with E-state index in [1.165, 1.54) is 67.1 Å². The molecular formula is C22H29N3O. The fraction of sp³-hybridized carbons (Fsp3) is 0.591. The molecule has 3 aliphatic carbocycles. The second-order valence-electron chi connectivity index (χ2n) is 8.49. The Morgan fingerprint density at radius 1 is 1.00 bits per heavy atom. The highest BCUT2D eigenvalue weighted by molar-refractivity contribution is 5.97. The molecule has 0 radical (unpaired) electrons. The Labute approximate surface area is 155 Å². The highest BCUT2D eigenvalue weighted by Crippen LogP contribution is 2.37. The van der Waals surface area contributed by atoms with Gasteiger partial charge in [0.1, 0.15) is 0 Å². The summed E-state index contributed by atoms with van der Waals surface area (Å²) < 4.78 is 0. The number of aromatic nitrogens is 1. The van der Waals surface area contributed by atoms with E-state index in [0.717, 1.165) is 24.9 Å². The van der Waals surface area contributed by atoms with E-state index in [9.17, 15) is 4.79 Å². The van der Waals surface area contributed by atoms with Crippen LogP contribution in [-0.4, -0.2) is 16.9 Å². The second-order valence-corrected chi connectivity index (χ2v) is 8.49. The van der Waals surface area contributed by atoms with Crippen molar-refractivity contribution in [3.05, 3.63) is 29.5 Å². The summed E-state index contributed by atoms with van der Waals surface area (Å²) in [6, 6.07) is 7.48. The van der Waals surface area contributed by atoms with E-state index < -0.39 is 0 Å². The Hall–Kier alpha value is -1.81. The molecule has 1 aromatic heterocycles. The van der Waals surface area contributed by atoms with Crippen molar-refractivity contribution in [1.82, 2.24) is 10.3 Å². The van der Waals surface area contributed by atoms with Gasteiger partial charge in [0.2, 0.25) is 5.91 Å². The monoisotopic (exact) mass is 351 g/mol. The molecule has 138 valence electrons. The van der Waals surface area contributed by atoms with E-state index in [-0.39, 0.29) is 11.8 Å². The second kappa shape index (κ2) is 6.73. The van der Waals surface area contributed by atoms with Crippen molar-refractivity contribution in [2.75, 3.05) is 5.32 Å². The lowest BCUT2D eigenvalue weighted by Gasteiger charge is -2.31. The van der Waals surface area contributed by atoms with Crippen molar-refractivity contribution in [2.24, 2.45) is 5.92 Å². The van der Waals surface area contributed by atoms with E-state index >= 15 is 0 Å². The van der Waals surface area contributed by atoms with Gasteiger partial charge in [-0.25, -0.2) is 0 Å². The van der Waals surface area contributed by atoms with E-state index in [1.54, 1.807) is 0 Å². The zero-order valence-electron chi connectivity index (χ0n) is 15.4. The minimum atomic E-state index is 0.186. The maximum atomic E-state index is 12.1. The summed E-state index contributed by atoms with van der Waals surface area (Å²) >= 11 is 0. The lowest BCUT2D eigenvalue weighted by atomic mass is 9.89. The maximum Gasteiger partial charge on any atom is 0.227 e. The molecule has 3 N–H and O–H groups in total. The summed E-state index contributed by atoms with van der Waals surface area (Å²) in [7, 11) is 0. The summed E-state index contributed by atoms with van der Waals surface area (Å²) in [4.78, 5) is 15.8. The third kappa shape index (κ3) is 3.16. The number of hydrogen-bond donors (Lipinski definition) is 3. The van der Waals surface area contributed by atoms with Gasteiger partial charge in [-0.1, -0.05) is 19.3 Å². The molecule has 1 amide bonds. The van der Waals surface area contributed by atoms with Gasteiger partial charge in [-0.15, -0.1) is 0 Å². The summed E-state index contributed by atoms with van der Waals surface area (Å²) in [6.45, 7) is 0. The topological polar surface area (TPSA) is 56.9 Å². The van der Waals surface area contributed by atoms with Crippen LogP contribution in [0.5, 0.6) is 0 Å². The first-order chi connectivity index (χ1) is 12.8. The number of carbonyl (C=O) groups excluding carboxylic acids is 1. The van der Waals surface area contributed by atoms with Crippen molar-refractivity contribution in [2.45, 2.75) is 76.3 Å². The molecule has 1 atom stereocenters. The fourth-order valence-corrected chi connectivity index (χ4v) is 4.85. The van der Waals surface area contributed by atoms with Crippen molar-refractivity contribution in [3.63, 3.8) is 0 Å². The zero-order valence-corrected chi connectivity index (χ0v) is 15.4. The number of hydrogen-bond acceptors (Lipinski definition) is 2. The van der Waals surface area contributed by atoms with Gasteiger partial charge < -0.3 is 15.6 Å². The SMILES string of the molecule is O=C(Nc1ccc2[nH]c3c(c2c1)CCCC3NC1CCCCC1)C1CC1. The van der Waals surface area contributed by atoms with Crippen LogP contribution in [-0.2, 0) is 11.2 Å². The van der Waals surface area contributed by atoms with Crippen LogP contribution in [0.15, 0.2) is 18.2 Å². The van der Waals surface area contributed by atoms with Crippen LogP contribution < -0.4 is 10.6 Å². The van der Waals surface area contributed by atoms with E-state index in [1.807, 2.05) is 6.07 Å². The smallest absolute Gasteiger partial charge is 0.227 e. The van der Waals surface area contributed by atoms with Gasteiger partial charge in [0.25, 0.3) is 0 Å². The maximum absolute atomic E-state index is 12.1. The Bertz CT molecular complexity index is 814. The van der Waals surface area contributed by atoms with Crippen LogP contribution in [0.1, 0.15) is 75.1 Å². The molecule has 5 rings (SSSR count). The molecule has 1 heterocycles. The van der Waals surface area contributed by atoms with Crippen LogP contribution in [0.2, 0.25) is 0 Å². The van der Waals surface area contributed by atoms with Gasteiger partial charge in [0.15, 0.2) is 0 Å². The first kappa shape index (κ1) is 16.4. The van der Waals surface area contributed by atoms with Gasteiger partial charge in [0.05, 0.1) is 0 Å². The standard InChI is InChI=1S/C22H29N3O/c26-22(14-9-10-14)24-16-11-12-19-18(13-16)17-7-4-8-20(21(17)25-19)23-15-5-2-1-3-6-15/h11-15,20,23,25H,1-10H2,(H,24,26). The summed E-state index contributed by atoms with van der Waals surface area (Å²) in [6.07, 6.45) is 12.5. The fourth-order valence-electron chi connectivity index (χ4n) is 4.85. The Balaban J connectivity index is 1.40. The van der Waals surface area contributed by atoms with Crippen LogP contribution in [0, 0.1) is 5.92 Å². The van der Waals surface area contributed by atoms with E-state index in [2.05, 4.69) is 27.8 Å². The summed E-state index contributed by atoms with van der Waals surface area (Å²) in [5, 5.41) is 8.34. The van der Waals surface area contributed by atoms with Gasteiger partial charge in [-0.2, -0.15) is 0 Å². The number of benzene rings is 1. The van der Waals surface area contributed by atoms with Crippen molar-refractivity contribution >= 4 is 22.5 Å². The summed E-state index contributed by atoms with van der Waals surface area (Å²) in [5.74, 6) is 0.431. The Morgan fingerprint density at radius 3 is 2.65 bits per heavy atom. The number of anilines is 1. The van der Waals surface area contributed by atoms with E-state index in [4.69, 9.17) is 0 Å². The quantitative estimate of drug-likeness (QED) is 0.740. The predicted octanol–water partition coefficient (Wildman–Crippen LogP) is 4.82. The molecule has 0 spiro atoms. The molecule has 0 bridgehead atoms. The summed E-state index contributed by atoms with van der Waals surface area (Å²) in [5.41, 5.74) is 5.00. The van der Waals surface area contributed by atoms with Crippen LogP contribution in [0.25, 0.3) is 10.9 Å². The molecule has 2 saturated carbocycles. The highest BCUT2D eigenvalue weighted by atomic mass is 16.2. The van der Waals surface area contributed by atoms with Crippen molar-refractivity contribution in [1.29, 1.82) is 0 Å². The minimum Gasteiger partial charge on any atom is -0.357 e. The molecule has 0 aliphatic heterocycles. The van der Waals surface area contributed by atoms with E-state index in [0.29, 0.717) is 12.1 Å². The zero-order chi connectivity index (χ0) is 17.5. The molecule has 4 nitrogen and oxygen atoms in total. The molecular weight excluding hydrogens is 322 g/mol. The Morgan fingerprint density at radius 2 is 1.85 bits per heavy atom. The third-order valence-corrected chi connectivity index (χ3v) is 6.46. The lowest BCUT2D eigenvalue weighted by molar-refractivity contribution is -0.117. The van der Waals surface area contributed by atoms with Crippen LogP contribution in [0.3, 0.4) is 0 Å². The van der Waals surface area contributed by atoms with Gasteiger partial charge in [-0.05, 0) is 68.7 Å². The molecule has 0 saturated heterocycles. The average Bonchev–Trinajstić information content (AvgIpc) is 3.45. The number of fused-ring (bicyclic) bond motifs is 3. The number of amides is 1. The normalized spacial score (nSPS) is 23.8. The number of carbonyl (C=O) groups is 1. The van der Waals surface area contributed by atoms with Crippen LogP contribution >= 0.6 is 0 Å². The molecule has 3 aliphatic rings. The van der Waals surface area contributed by atoms with Crippen molar-refractivity contribution in [3.8, 4) is 0 Å². The van der Waals surface area contributed by atoms with Gasteiger partial charge in [0, 0.05) is 40.3 Å².